The van der Waals surface area contributed by atoms with E-state index < -0.39 is 0 Å². The number of rotatable bonds is 8. The van der Waals surface area contributed by atoms with E-state index in [1.54, 1.807) is 28.9 Å². The zero-order valence-corrected chi connectivity index (χ0v) is 16.0. The van der Waals surface area contributed by atoms with Crippen LogP contribution in [0.1, 0.15) is 64.1 Å². The van der Waals surface area contributed by atoms with Crippen LogP contribution < -0.4 is 0 Å². The molecule has 1 amide bonds. The average molecular weight is 371 g/mol. The molecular formula is C20H29N5O2. The fraction of sp³-hybridized carbons (Fsp3) is 0.600. The van der Waals surface area contributed by atoms with Crippen molar-refractivity contribution in [3.05, 3.63) is 30.1 Å². The van der Waals surface area contributed by atoms with Crippen LogP contribution in [0.5, 0.6) is 5.75 Å². The highest BCUT2D eigenvalue weighted by Crippen LogP contribution is 2.23. The van der Waals surface area contributed by atoms with Crippen LogP contribution in [-0.4, -0.2) is 48.7 Å². The molecule has 146 valence electrons. The Bertz CT molecular complexity index is 722. The first-order chi connectivity index (χ1) is 13.2. The zero-order chi connectivity index (χ0) is 19.1. The molecule has 0 bridgehead atoms. The van der Waals surface area contributed by atoms with E-state index in [0.717, 1.165) is 50.2 Å². The molecule has 0 spiro atoms. The lowest BCUT2D eigenvalue weighted by molar-refractivity contribution is -0.134. The van der Waals surface area contributed by atoms with E-state index >= 15 is 0 Å². The third kappa shape index (κ3) is 5.05. The molecule has 1 aromatic carbocycles. The van der Waals surface area contributed by atoms with Crippen LogP contribution >= 0.6 is 0 Å². The molecular weight excluding hydrogens is 342 g/mol. The molecule has 1 aliphatic carbocycles. The summed E-state index contributed by atoms with van der Waals surface area (Å²) in [6.45, 7) is 2.89. The number of benzene rings is 1. The summed E-state index contributed by atoms with van der Waals surface area (Å²) in [5, 5.41) is 21.3. The Balaban J connectivity index is 1.48. The molecule has 0 aliphatic heterocycles. The van der Waals surface area contributed by atoms with Crippen LogP contribution in [0.4, 0.5) is 0 Å². The highest BCUT2D eigenvalue weighted by Gasteiger charge is 2.23. The monoisotopic (exact) mass is 371 g/mol. The molecule has 27 heavy (non-hydrogen) atoms. The van der Waals surface area contributed by atoms with Gasteiger partial charge in [0.25, 0.3) is 0 Å². The minimum atomic E-state index is 0.213. The number of carbonyl (C=O) groups is 1. The number of phenolic OH excluding ortho intramolecular Hbond substituents is 1. The maximum absolute atomic E-state index is 12.6. The summed E-state index contributed by atoms with van der Waals surface area (Å²) in [5.74, 6) is 1.26. The standard InChI is InChI=1S/C20H29N5O2/c1-2-24(16-8-4-3-5-9-16)20(27)11-7-6-10-19-21-22-23-25(19)17-12-14-18(26)15-13-17/h12-16,26H,2-11H2,1H3. The lowest BCUT2D eigenvalue weighted by Crippen LogP contribution is -2.41. The number of aromatic hydroxyl groups is 1. The number of hydrogen-bond donors (Lipinski definition) is 1. The van der Waals surface area contributed by atoms with Gasteiger partial charge in [0.05, 0.1) is 5.69 Å². The predicted octanol–water partition coefficient (Wildman–Crippen LogP) is 3.26. The van der Waals surface area contributed by atoms with Gasteiger partial charge in [0, 0.05) is 25.4 Å². The van der Waals surface area contributed by atoms with E-state index in [0.29, 0.717) is 12.5 Å². The van der Waals surface area contributed by atoms with Gasteiger partial charge in [0.2, 0.25) is 5.91 Å². The van der Waals surface area contributed by atoms with Crippen molar-refractivity contribution < 1.29 is 9.90 Å². The average Bonchev–Trinajstić information content (AvgIpc) is 3.16. The van der Waals surface area contributed by atoms with E-state index in [2.05, 4.69) is 27.3 Å². The van der Waals surface area contributed by atoms with E-state index in [1.165, 1.54) is 19.3 Å². The van der Waals surface area contributed by atoms with Crippen LogP contribution in [0.25, 0.3) is 5.69 Å². The summed E-state index contributed by atoms with van der Waals surface area (Å²) in [5.41, 5.74) is 0.818. The summed E-state index contributed by atoms with van der Waals surface area (Å²) in [6, 6.07) is 7.23. The molecule has 0 saturated heterocycles. The van der Waals surface area contributed by atoms with Crippen LogP contribution in [0.2, 0.25) is 0 Å². The minimum absolute atomic E-state index is 0.213. The van der Waals surface area contributed by atoms with Gasteiger partial charge in [-0.3, -0.25) is 4.79 Å². The van der Waals surface area contributed by atoms with E-state index in [1.807, 2.05) is 0 Å². The third-order valence-electron chi connectivity index (χ3n) is 5.35. The van der Waals surface area contributed by atoms with Gasteiger partial charge in [-0.2, -0.15) is 4.68 Å². The quantitative estimate of drug-likeness (QED) is 0.720. The molecule has 1 saturated carbocycles. The highest BCUT2D eigenvalue weighted by molar-refractivity contribution is 5.76. The molecule has 1 N–H and O–H groups in total. The maximum atomic E-state index is 12.6. The normalized spacial score (nSPS) is 15.0. The molecule has 1 aliphatic rings. The Morgan fingerprint density at radius 1 is 1.19 bits per heavy atom. The van der Waals surface area contributed by atoms with Crippen LogP contribution in [0.15, 0.2) is 24.3 Å². The second-order valence-electron chi connectivity index (χ2n) is 7.20. The number of nitrogens with zero attached hydrogens (tertiary/aromatic N) is 5. The Kier molecular flexibility index (Phi) is 6.79. The highest BCUT2D eigenvalue weighted by atomic mass is 16.3. The number of aryl methyl sites for hydroxylation is 1. The van der Waals surface area contributed by atoms with Crippen molar-refractivity contribution in [1.29, 1.82) is 0 Å². The molecule has 3 rings (SSSR count). The Hall–Kier alpha value is -2.44. The number of phenols is 1. The first kappa shape index (κ1) is 19.3. The summed E-state index contributed by atoms with van der Waals surface area (Å²) in [6.07, 6.45) is 9.11. The molecule has 0 atom stereocenters. The van der Waals surface area contributed by atoms with Gasteiger partial charge < -0.3 is 10.0 Å². The number of hydrogen-bond acceptors (Lipinski definition) is 5. The second-order valence-corrected chi connectivity index (χ2v) is 7.20. The molecule has 0 radical (unpaired) electrons. The number of aromatic nitrogens is 4. The van der Waals surface area contributed by atoms with E-state index in [4.69, 9.17) is 0 Å². The topological polar surface area (TPSA) is 84.1 Å². The molecule has 1 fully saturated rings. The summed E-state index contributed by atoms with van der Waals surface area (Å²) in [7, 11) is 0. The number of tetrazole rings is 1. The molecule has 7 heteroatoms. The van der Waals surface area contributed by atoms with E-state index in [9.17, 15) is 9.90 Å². The second kappa shape index (κ2) is 9.48. The molecule has 1 heterocycles. The lowest BCUT2D eigenvalue weighted by atomic mass is 9.94. The molecule has 0 unspecified atom stereocenters. The van der Waals surface area contributed by atoms with E-state index in [-0.39, 0.29) is 11.7 Å². The minimum Gasteiger partial charge on any atom is -0.508 e. The predicted molar refractivity (Wildman–Crippen MR) is 103 cm³/mol. The summed E-state index contributed by atoms with van der Waals surface area (Å²) in [4.78, 5) is 14.7. The maximum Gasteiger partial charge on any atom is 0.222 e. The van der Waals surface area contributed by atoms with Gasteiger partial charge in [-0.05, 0) is 67.3 Å². The Labute approximate surface area is 160 Å². The molecule has 7 nitrogen and oxygen atoms in total. The fourth-order valence-electron chi connectivity index (χ4n) is 3.89. The largest absolute Gasteiger partial charge is 0.508 e. The summed E-state index contributed by atoms with van der Waals surface area (Å²) < 4.78 is 1.68. The van der Waals surface area contributed by atoms with Crippen molar-refractivity contribution in [2.24, 2.45) is 0 Å². The van der Waals surface area contributed by atoms with Gasteiger partial charge in [0.15, 0.2) is 5.82 Å². The third-order valence-corrected chi connectivity index (χ3v) is 5.35. The van der Waals surface area contributed by atoms with Crippen molar-refractivity contribution in [2.45, 2.75) is 70.8 Å². The molecule has 1 aromatic heterocycles. The van der Waals surface area contributed by atoms with Gasteiger partial charge in [-0.1, -0.05) is 19.3 Å². The summed E-state index contributed by atoms with van der Waals surface area (Å²) >= 11 is 0. The van der Waals surface area contributed by atoms with Crippen LogP contribution in [0, 0.1) is 0 Å². The zero-order valence-electron chi connectivity index (χ0n) is 16.0. The van der Waals surface area contributed by atoms with Crippen molar-refractivity contribution in [3.63, 3.8) is 0 Å². The van der Waals surface area contributed by atoms with Crippen molar-refractivity contribution in [2.75, 3.05) is 6.54 Å². The SMILES string of the molecule is CCN(C(=O)CCCCc1nnnn1-c1ccc(O)cc1)C1CCCCC1. The fourth-order valence-corrected chi connectivity index (χ4v) is 3.89. The van der Waals surface area contributed by atoms with Crippen LogP contribution in [-0.2, 0) is 11.2 Å². The van der Waals surface area contributed by atoms with Gasteiger partial charge in [-0.15, -0.1) is 5.10 Å². The van der Waals surface area contributed by atoms with Crippen molar-refractivity contribution in [1.82, 2.24) is 25.1 Å². The number of carbonyl (C=O) groups excluding carboxylic acids is 1. The van der Waals surface area contributed by atoms with Crippen LogP contribution in [0.3, 0.4) is 0 Å². The first-order valence-electron chi connectivity index (χ1n) is 10.0. The van der Waals surface area contributed by atoms with Crippen molar-refractivity contribution >= 4 is 5.91 Å². The van der Waals surface area contributed by atoms with Gasteiger partial charge in [-0.25, -0.2) is 0 Å². The molecule has 2 aromatic rings. The van der Waals surface area contributed by atoms with Gasteiger partial charge >= 0.3 is 0 Å². The smallest absolute Gasteiger partial charge is 0.222 e. The Morgan fingerprint density at radius 2 is 1.93 bits per heavy atom. The van der Waals surface area contributed by atoms with Gasteiger partial charge in [0.1, 0.15) is 5.75 Å². The Morgan fingerprint density at radius 3 is 2.63 bits per heavy atom. The lowest BCUT2D eigenvalue weighted by Gasteiger charge is -2.33. The number of unbranched alkanes of at least 4 members (excludes halogenated alkanes) is 1. The van der Waals surface area contributed by atoms with Crippen molar-refractivity contribution in [3.8, 4) is 11.4 Å². The first-order valence-corrected chi connectivity index (χ1v) is 10.0. The number of amides is 1.